The van der Waals surface area contributed by atoms with Crippen LogP contribution in [0.25, 0.3) is 21.8 Å². The van der Waals surface area contributed by atoms with E-state index in [9.17, 15) is 23.5 Å². The minimum absolute atomic E-state index is 0.0450. The van der Waals surface area contributed by atoms with Crippen molar-refractivity contribution in [2.75, 3.05) is 20.3 Å². The Balaban J connectivity index is 0.000000153. The van der Waals surface area contributed by atoms with Gasteiger partial charge in [-0.15, -0.1) is 0 Å². The summed E-state index contributed by atoms with van der Waals surface area (Å²) >= 11 is 0. The third-order valence-corrected chi connectivity index (χ3v) is 9.75. The molecule has 6 aromatic rings. The normalized spacial score (nSPS) is 16.8. The van der Waals surface area contributed by atoms with Gasteiger partial charge in [-0.25, -0.2) is 18.7 Å². The third kappa shape index (κ3) is 9.27. The van der Waals surface area contributed by atoms with Crippen LogP contribution in [-0.2, 0) is 35.4 Å². The van der Waals surface area contributed by atoms with Crippen molar-refractivity contribution in [1.29, 1.82) is 0 Å². The maximum absolute atomic E-state index is 13.2. The highest BCUT2D eigenvalue weighted by atomic mass is 19.1. The number of aliphatic hydroxyl groups excluding tert-OH is 1. The first kappa shape index (κ1) is 38.3. The second-order valence-corrected chi connectivity index (χ2v) is 13.8. The predicted molar refractivity (Wildman–Crippen MR) is 210 cm³/mol. The number of rotatable bonds is 1. The first-order valence-corrected chi connectivity index (χ1v) is 18.6. The van der Waals surface area contributed by atoms with Crippen LogP contribution < -0.4 is 11.1 Å². The van der Waals surface area contributed by atoms with E-state index in [1.54, 1.807) is 70.8 Å². The number of nitrogens with zero attached hydrogens (tertiary/aromatic N) is 4. The quantitative estimate of drug-likeness (QED) is 0.207. The van der Waals surface area contributed by atoms with Gasteiger partial charge in [-0.3, -0.25) is 18.7 Å². The van der Waals surface area contributed by atoms with Crippen LogP contribution in [0, 0.1) is 35.3 Å². The molecule has 1 N–H and O–H groups in total. The molecule has 0 saturated carbocycles. The first-order chi connectivity index (χ1) is 27.2. The molecular weight excluding hydrogens is 715 g/mol. The fraction of sp³-hybridized carbons (Fsp3) is 0.289. The van der Waals surface area contributed by atoms with Crippen LogP contribution in [0.5, 0.6) is 0 Å². The van der Waals surface area contributed by atoms with Crippen LogP contribution in [0.3, 0.4) is 0 Å². The number of halogens is 2. The standard InChI is InChI=1S/C21H17FN2O2.C20H15FN2O2.C4H8O/c1-26-17-8-10-20-23-19-12-15(6-5-14-3-2-4-16(22)11-14)7-9-18(19)21(25)24(20)13-17;21-15-3-1-2-13(10-15)4-5-14-6-8-17-18(11-14)22-19-9-7-16(24)12-23(19)20(17)25;1-2-4-5-3-1/h2-4,7,9,11-12,17H,8,10,13H2,1H3;1-3,6,8,10-11,16,24H,7,9,12H2;1-4H2. The van der Waals surface area contributed by atoms with Gasteiger partial charge in [-0.2, -0.15) is 0 Å². The summed E-state index contributed by atoms with van der Waals surface area (Å²) in [7, 11) is 1.67. The molecule has 2 aromatic heterocycles. The van der Waals surface area contributed by atoms with E-state index >= 15 is 0 Å². The van der Waals surface area contributed by atoms with Crippen molar-refractivity contribution in [1.82, 2.24) is 19.1 Å². The number of ether oxygens (including phenoxy) is 2. The summed E-state index contributed by atoms with van der Waals surface area (Å²) in [5.41, 5.74) is 3.71. The zero-order chi connectivity index (χ0) is 39.0. The van der Waals surface area contributed by atoms with E-state index in [0.717, 1.165) is 31.0 Å². The lowest BCUT2D eigenvalue weighted by Crippen LogP contribution is -2.35. The minimum Gasteiger partial charge on any atom is -0.391 e. The molecule has 0 aliphatic carbocycles. The number of benzene rings is 4. The van der Waals surface area contributed by atoms with Crippen LogP contribution in [0.2, 0.25) is 0 Å². The SMILES string of the molecule is C1CCOC1.COC1CCc2nc3cc(C#Cc4cccc(F)c4)ccc3c(=O)n2C1.O=c1c2ccc(C#Cc3cccc(F)c3)cc2nc2n1CC(O)CC2. The van der Waals surface area contributed by atoms with E-state index in [1.165, 1.54) is 37.1 Å². The van der Waals surface area contributed by atoms with E-state index in [2.05, 4.69) is 33.6 Å². The zero-order valence-electron chi connectivity index (χ0n) is 30.9. The fourth-order valence-electron chi connectivity index (χ4n) is 6.75. The molecule has 0 spiro atoms. The Labute approximate surface area is 322 Å². The van der Waals surface area contributed by atoms with Gasteiger partial charge in [-0.05, 0) is 98.5 Å². The fourth-order valence-corrected chi connectivity index (χ4v) is 6.75. The summed E-state index contributed by atoms with van der Waals surface area (Å²) < 4.78 is 40.0. The van der Waals surface area contributed by atoms with Gasteiger partial charge in [0.25, 0.3) is 11.1 Å². The van der Waals surface area contributed by atoms with Crippen molar-refractivity contribution in [2.45, 2.75) is 63.8 Å². The lowest BCUT2D eigenvalue weighted by Gasteiger charge is -2.24. The molecule has 9 rings (SSSR count). The molecule has 0 bridgehead atoms. The monoisotopic (exact) mass is 754 g/mol. The Bertz CT molecular complexity index is 2640. The Hall–Kier alpha value is -5.98. The van der Waals surface area contributed by atoms with Gasteiger partial charge in [0.15, 0.2) is 0 Å². The van der Waals surface area contributed by atoms with Crippen LogP contribution >= 0.6 is 0 Å². The predicted octanol–water partition coefficient (Wildman–Crippen LogP) is 5.94. The summed E-state index contributed by atoms with van der Waals surface area (Å²) in [4.78, 5) is 34.6. The van der Waals surface area contributed by atoms with Crippen molar-refractivity contribution in [3.8, 4) is 23.7 Å². The largest absolute Gasteiger partial charge is 0.391 e. The molecule has 0 radical (unpaired) electrons. The van der Waals surface area contributed by atoms with E-state index in [0.29, 0.717) is 70.1 Å². The highest BCUT2D eigenvalue weighted by Crippen LogP contribution is 2.19. The molecule has 2 atom stereocenters. The number of hydrogen-bond donors (Lipinski definition) is 1. The molecule has 1 saturated heterocycles. The van der Waals surface area contributed by atoms with Gasteiger partial charge < -0.3 is 14.6 Å². The second-order valence-electron chi connectivity index (χ2n) is 13.8. The number of aliphatic hydroxyl groups is 1. The zero-order valence-corrected chi connectivity index (χ0v) is 30.9. The average Bonchev–Trinajstić information content (AvgIpc) is 3.81. The molecule has 4 aromatic carbocycles. The second kappa shape index (κ2) is 17.7. The van der Waals surface area contributed by atoms with Crippen LogP contribution in [0.4, 0.5) is 8.78 Å². The third-order valence-electron chi connectivity index (χ3n) is 9.75. The van der Waals surface area contributed by atoms with Crippen molar-refractivity contribution in [3.63, 3.8) is 0 Å². The van der Waals surface area contributed by atoms with Gasteiger partial charge in [0.2, 0.25) is 0 Å². The van der Waals surface area contributed by atoms with Gasteiger partial charge in [0.1, 0.15) is 23.3 Å². The first-order valence-electron chi connectivity index (χ1n) is 18.6. The Kier molecular flexibility index (Phi) is 12.1. The van der Waals surface area contributed by atoms with Crippen molar-refractivity contribution in [3.05, 3.63) is 151 Å². The highest BCUT2D eigenvalue weighted by molar-refractivity contribution is 5.80. The Morgan fingerprint density at radius 3 is 1.62 bits per heavy atom. The summed E-state index contributed by atoms with van der Waals surface area (Å²) in [6, 6.07) is 22.8. The summed E-state index contributed by atoms with van der Waals surface area (Å²) in [5, 5.41) is 10.8. The van der Waals surface area contributed by atoms with Gasteiger partial charge >= 0.3 is 0 Å². The maximum atomic E-state index is 13.2. The average molecular weight is 755 g/mol. The summed E-state index contributed by atoms with van der Waals surface area (Å²) in [6.07, 6.45) is 4.86. The minimum atomic E-state index is -0.499. The van der Waals surface area contributed by atoms with E-state index in [4.69, 9.17) is 9.47 Å². The summed E-state index contributed by atoms with van der Waals surface area (Å²) in [6.45, 7) is 2.83. The molecule has 3 aliphatic rings. The van der Waals surface area contributed by atoms with Crippen molar-refractivity contribution in [2.24, 2.45) is 0 Å². The van der Waals surface area contributed by atoms with Crippen molar-refractivity contribution >= 4 is 21.8 Å². The molecule has 5 heterocycles. The molecule has 3 aliphatic heterocycles. The van der Waals surface area contributed by atoms with Crippen LogP contribution in [-0.4, -0.2) is 56.7 Å². The molecule has 56 heavy (non-hydrogen) atoms. The molecule has 9 nitrogen and oxygen atoms in total. The topological polar surface area (TPSA) is 108 Å². The molecular formula is C45H40F2N4O5. The number of aromatic nitrogens is 4. The smallest absolute Gasteiger partial charge is 0.261 e. The van der Waals surface area contributed by atoms with E-state index in [1.807, 2.05) is 6.07 Å². The number of methoxy groups -OCH3 is 1. The maximum Gasteiger partial charge on any atom is 0.261 e. The lowest BCUT2D eigenvalue weighted by molar-refractivity contribution is 0.0689. The summed E-state index contributed by atoms with van der Waals surface area (Å²) in [5.74, 6) is 12.7. The van der Waals surface area contributed by atoms with E-state index < -0.39 is 6.10 Å². The van der Waals surface area contributed by atoms with Crippen LogP contribution in [0.1, 0.15) is 59.6 Å². The van der Waals surface area contributed by atoms with Crippen LogP contribution in [0.15, 0.2) is 94.5 Å². The van der Waals surface area contributed by atoms with Gasteiger partial charge in [0, 0.05) is 55.4 Å². The number of fused-ring (bicyclic) bond motifs is 4. The Morgan fingerprint density at radius 2 is 1.16 bits per heavy atom. The molecule has 1 fully saturated rings. The molecule has 284 valence electrons. The van der Waals surface area contributed by atoms with Gasteiger partial charge in [-0.1, -0.05) is 35.8 Å². The Morgan fingerprint density at radius 1 is 0.679 bits per heavy atom. The van der Waals surface area contributed by atoms with Crippen molar-refractivity contribution < 1.29 is 23.4 Å². The lowest BCUT2D eigenvalue weighted by atomic mass is 10.1. The van der Waals surface area contributed by atoms with E-state index in [-0.39, 0.29) is 35.4 Å². The molecule has 0 amide bonds. The molecule has 2 unspecified atom stereocenters. The number of aryl methyl sites for hydroxylation is 2. The number of hydrogen-bond acceptors (Lipinski definition) is 7. The highest BCUT2D eigenvalue weighted by Gasteiger charge is 2.22. The molecule has 11 heteroatoms. The van der Waals surface area contributed by atoms with Gasteiger partial charge in [0.05, 0.1) is 47.1 Å².